The summed E-state index contributed by atoms with van der Waals surface area (Å²) in [6.45, 7) is 6.02. The van der Waals surface area contributed by atoms with Crippen molar-refractivity contribution in [1.82, 2.24) is 5.32 Å². The topological polar surface area (TPSA) is 66.0 Å². The van der Waals surface area contributed by atoms with Crippen LogP contribution in [0.5, 0.6) is 17.2 Å². The van der Waals surface area contributed by atoms with Gasteiger partial charge in [0.15, 0.2) is 11.5 Å². The van der Waals surface area contributed by atoms with E-state index in [1.54, 1.807) is 26.4 Å². The van der Waals surface area contributed by atoms with Gasteiger partial charge in [0.05, 0.1) is 26.3 Å². The number of carbonyl (C=O) groups excluding carboxylic acids is 1. The molecule has 2 aromatic carbocycles. The summed E-state index contributed by atoms with van der Waals surface area (Å²) in [5.41, 5.74) is 1.15. The van der Waals surface area contributed by atoms with Crippen molar-refractivity contribution in [2.45, 2.75) is 39.5 Å². The molecule has 0 atom stereocenters. The molecular formula is C21H27NO5. The molecule has 0 aliphatic carbocycles. The number of benzene rings is 2. The van der Waals surface area contributed by atoms with Crippen LogP contribution in [0.1, 0.15) is 31.9 Å². The molecule has 0 aliphatic rings. The Kier molecular flexibility index (Phi) is 6.93. The van der Waals surface area contributed by atoms with Crippen LogP contribution in [-0.2, 0) is 17.9 Å². The van der Waals surface area contributed by atoms with Crippen molar-refractivity contribution in [2.24, 2.45) is 0 Å². The van der Waals surface area contributed by atoms with E-state index in [1.807, 2.05) is 51.1 Å². The van der Waals surface area contributed by atoms with Gasteiger partial charge in [-0.2, -0.15) is 0 Å². The summed E-state index contributed by atoms with van der Waals surface area (Å²) in [6, 6.07) is 13.4. The van der Waals surface area contributed by atoms with Gasteiger partial charge in [-0.1, -0.05) is 30.3 Å². The Bertz CT molecular complexity index is 753. The molecule has 0 heterocycles. The second-order valence-corrected chi connectivity index (χ2v) is 6.91. The van der Waals surface area contributed by atoms with Gasteiger partial charge in [-0.05, 0) is 38.5 Å². The lowest BCUT2D eigenvalue weighted by Crippen LogP contribution is -2.32. The molecule has 0 aliphatic heterocycles. The number of alkyl carbamates (subject to hydrolysis) is 1. The standard InChI is InChI=1S/C21H27NO5/c1-21(2,3)27-20(23)22-13-16-17(24-4)11-12-18(19(16)25-5)26-14-15-9-7-6-8-10-15/h6-12H,13-14H2,1-5H3,(H,22,23). The minimum Gasteiger partial charge on any atom is -0.496 e. The molecule has 0 radical (unpaired) electrons. The lowest BCUT2D eigenvalue weighted by atomic mass is 10.1. The third kappa shape index (κ3) is 6.09. The molecule has 1 N–H and O–H groups in total. The monoisotopic (exact) mass is 373 g/mol. The van der Waals surface area contributed by atoms with Crippen LogP contribution in [0.2, 0.25) is 0 Å². The van der Waals surface area contributed by atoms with Crippen LogP contribution in [-0.4, -0.2) is 25.9 Å². The maximum atomic E-state index is 12.0. The van der Waals surface area contributed by atoms with Gasteiger partial charge < -0.3 is 24.3 Å². The highest BCUT2D eigenvalue weighted by atomic mass is 16.6. The van der Waals surface area contributed by atoms with Crippen molar-refractivity contribution in [3.8, 4) is 17.2 Å². The van der Waals surface area contributed by atoms with Crippen molar-refractivity contribution < 1.29 is 23.7 Å². The SMILES string of the molecule is COc1ccc(OCc2ccccc2)c(OC)c1CNC(=O)OC(C)(C)C. The summed E-state index contributed by atoms with van der Waals surface area (Å²) in [4.78, 5) is 12.0. The molecule has 0 unspecified atom stereocenters. The number of carbonyl (C=O) groups is 1. The molecule has 146 valence electrons. The van der Waals surface area contributed by atoms with Crippen LogP contribution >= 0.6 is 0 Å². The number of methoxy groups -OCH3 is 2. The van der Waals surface area contributed by atoms with Gasteiger partial charge in [0.25, 0.3) is 0 Å². The molecule has 6 nitrogen and oxygen atoms in total. The Morgan fingerprint density at radius 3 is 2.22 bits per heavy atom. The molecule has 0 aromatic heterocycles. The first-order chi connectivity index (χ1) is 12.8. The zero-order chi connectivity index (χ0) is 19.9. The fourth-order valence-corrected chi connectivity index (χ4v) is 2.49. The summed E-state index contributed by atoms with van der Waals surface area (Å²) in [7, 11) is 3.12. The van der Waals surface area contributed by atoms with Gasteiger partial charge in [-0.15, -0.1) is 0 Å². The Labute approximate surface area is 160 Å². The summed E-state index contributed by atoms with van der Waals surface area (Å²) in [5.74, 6) is 1.68. The minimum atomic E-state index is -0.571. The quantitative estimate of drug-likeness (QED) is 0.783. The van der Waals surface area contributed by atoms with Crippen molar-refractivity contribution in [2.75, 3.05) is 14.2 Å². The van der Waals surface area contributed by atoms with Gasteiger partial charge in [-0.3, -0.25) is 0 Å². The number of rotatable bonds is 7. The number of nitrogens with one attached hydrogen (secondary N) is 1. The van der Waals surface area contributed by atoms with Gasteiger partial charge in [0.2, 0.25) is 0 Å². The van der Waals surface area contributed by atoms with Gasteiger partial charge in [0.1, 0.15) is 18.0 Å². The van der Waals surface area contributed by atoms with Crippen LogP contribution in [0.25, 0.3) is 0 Å². The molecule has 2 aromatic rings. The molecule has 6 heteroatoms. The molecule has 27 heavy (non-hydrogen) atoms. The Morgan fingerprint density at radius 1 is 0.963 bits per heavy atom. The van der Waals surface area contributed by atoms with Gasteiger partial charge in [-0.25, -0.2) is 4.79 Å². The van der Waals surface area contributed by atoms with Crippen LogP contribution in [0.15, 0.2) is 42.5 Å². The van der Waals surface area contributed by atoms with E-state index in [9.17, 15) is 4.79 Å². The fourth-order valence-electron chi connectivity index (χ4n) is 2.49. The van der Waals surface area contributed by atoms with E-state index in [1.165, 1.54) is 0 Å². The Morgan fingerprint density at radius 2 is 1.63 bits per heavy atom. The summed E-state index contributed by atoms with van der Waals surface area (Å²) in [5, 5.41) is 2.73. The second-order valence-electron chi connectivity index (χ2n) is 6.91. The van der Waals surface area contributed by atoms with Crippen LogP contribution < -0.4 is 19.5 Å². The maximum absolute atomic E-state index is 12.0. The molecule has 0 spiro atoms. The van der Waals surface area contributed by atoms with E-state index in [0.717, 1.165) is 5.56 Å². The molecule has 0 bridgehead atoms. The van der Waals surface area contributed by atoms with E-state index in [4.69, 9.17) is 18.9 Å². The largest absolute Gasteiger partial charge is 0.496 e. The lowest BCUT2D eigenvalue weighted by Gasteiger charge is -2.21. The smallest absolute Gasteiger partial charge is 0.407 e. The number of ether oxygens (including phenoxy) is 4. The van der Waals surface area contributed by atoms with Crippen molar-refractivity contribution >= 4 is 6.09 Å². The summed E-state index contributed by atoms with van der Waals surface area (Å²) in [6.07, 6.45) is -0.512. The lowest BCUT2D eigenvalue weighted by molar-refractivity contribution is 0.0523. The maximum Gasteiger partial charge on any atom is 0.407 e. The van der Waals surface area contributed by atoms with Crippen molar-refractivity contribution in [3.05, 3.63) is 53.6 Å². The fraction of sp³-hybridized carbons (Fsp3) is 0.381. The van der Waals surface area contributed by atoms with Crippen molar-refractivity contribution in [1.29, 1.82) is 0 Å². The molecule has 2 rings (SSSR count). The first-order valence-electron chi connectivity index (χ1n) is 8.71. The van der Waals surface area contributed by atoms with Crippen LogP contribution in [0, 0.1) is 0 Å². The first-order valence-corrected chi connectivity index (χ1v) is 8.71. The van der Waals surface area contributed by atoms with E-state index in [0.29, 0.717) is 29.4 Å². The molecule has 0 fully saturated rings. The van der Waals surface area contributed by atoms with E-state index < -0.39 is 11.7 Å². The Hall–Kier alpha value is -2.89. The van der Waals surface area contributed by atoms with E-state index in [2.05, 4.69) is 5.32 Å². The summed E-state index contributed by atoms with van der Waals surface area (Å²) < 4.78 is 22.2. The average molecular weight is 373 g/mol. The number of hydrogen-bond donors (Lipinski definition) is 1. The predicted molar refractivity (Wildman–Crippen MR) is 103 cm³/mol. The Balaban J connectivity index is 2.17. The zero-order valence-corrected chi connectivity index (χ0v) is 16.5. The molecule has 0 saturated heterocycles. The van der Waals surface area contributed by atoms with E-state index in [-0.39, 0.29) is 6.54 Å². The number of hydrogen-bond acceptors (Lipinski definition) is 5. The summed E-state index contributed by atoms with van der Waals surface area (Å²) >= 11 is 0. The number of amides is 1. The third-order valence-corrected chi connectivity index (χ3v) is 3.65. The van der Waals surface area contributed by atoms with Gasteiger partial charge in [0, 0.05) is 0 Å². The van der Waals surface area contributed by atoms with Crippen LogP contribution in [0.4, 0.5) is 4.79 Å². The normalized spacial score (nSPS) is 10.9. The molecule has 0 saturated carbocycles. The van der Waals surface area contributed by atoms with E-state index >= 15 is 0 Å². The van der Waals surface area contributed by atoms with Crippen molar-refractivity contribution in [3.63, 3.8) is 0 Å². The molecule has 1 amide bonds. The average Bonchev–Trinajstić information content (AvgIpc) is 2.63. The van der Waals surface area contributed by atoms with Gasteiger partial charge >= 0.3 is 6.09 Å². The minimum absolute atomic E-state index is 0.184. The first kappa shape index (κ1) is 20.4. The molecular weight excluding hydrogens is 346 g/mol. The highest BCUT2D eigenvalue weighted by Crippen LogP contribution is 2.37. The predicted octanol–water partition coefficient (Wildman–Crippen LogP) is 4.31. The second kappa shape index (κ2) is 9.16. The third-order valence-electron chi connectivity index (χ3n) is 3.65. The zero-order valence-electron chi connectivity index (χ0n) is 16.5. The van der Waals surface area contributed by atoms with Crippen LogP contribution in [0.3, 0.4) is 0 Å². The highest BCUT2D eigenvalue weighted by molar-refractivity contribution is 5.68. The highest BCUT2D eigenvalue weighted by Gasteiger charge is 2.20.